The summed E-state index contributed by atoms with van der Waals surface area (Å²) in [6.45, 7) is 16.5. The normalized spacial score (nSPS) is 16.2. The summed E-state index contributed by atoms with van der Waals surface area (Å²) in [5.41, 5.74) is 5.90. The molecule has 1 heteroatoms. The van der Waals surface area contributed by atoms with Crippen LogP contribution in [0.4, 0.5) is 0 Å². The Morgan fingerprint density at radius 1 is 1.00 bits per heavy atom. The average molecular weight is 414 g/mol. The van der Waals surface area contributed by atoms with E-state index in [4.69, 9.17) is 0 Å². The number of unbranched alkanes of at least 4 members (excludes halogenated alkanes) is 2. The molecule has 0 radical (unpaired) electrons. The molecule has 172 valence electrons. The molecule has 0 amide bonds. The van der Waals surface area contributed by atoms with Crippen LogP contribution in [0.25, 0.3) is 0 Å². The molecule has 0 aromatic carbocycles. The van der Waals surface area contributed by atoms with E-state index in [2.05, 4.69) is 64.7 Å². The average Bonchev–Trinajstić information content (AvgIpc) is 3.55. The summed E-state index contributed by atoms with van der Waals surface area (Å²) in [6.07, 6.45) is 23.8. The van der Waals surface area contributed by atoms with Crippen LogP contribution < -0.4 is 5.32 Å². The number of hydrogen-bond donors (Lipinski definition) is 1. The summed E-state index contributed by atoms with van der Waals surface area (Å²) in [5, 5.41) is 3.93. The molecule has 1 N–H and O–H groups in total. The summed E-state index contributed by atoms with van der Waals surface area (Å²) >= 11 is 0. The van der Waals surface area contributed by atoms with Crippen molar-refractivity contribution in [2.24, 2.45) is 5.92 Å². The Morgan fingerprint density at radius 3 is 2.23 bits per heavy atom. The maximum absolute atomic E-state index is 4.21. The Bertz CT molecular complexity index is 553. The SMILES string of the molecule is C=CC(/C(CNC(CCC)CCC)=C(\CCC)CCCCCC1CC1)=C(C)\C=C/C. The van der Waals surface area contributed by atoms with Crippen molar-refractivity contribution in [2.75, 3.05) is 6.54 Å². The highest BCUT2D eigenvalue weighted by Gasteiger charge is 2.20. The predicted molar refractivity (Wildman–Crippen MR) is 137 cm³/mol. The van der Waals surface area contributed by atoms with Crippen molar-refractivity contribution in [3.63, 3.8) is 0 Å². The van der Waals surface area contributed by atoms with Gasteiger partial charge in [-0.15, -0.1) is 0 Å². The molecule has 0 aliphatic heterocycles. The van der Waals surface area contributed by atoms with E-state index in [0.29, 0.717) is 6.04 Å². The summed E-state index contributed by atoms with van der Waals surface area (Å²) in [5.74, 6) is 1.07. The van der Waals surface area contributed by atoms with Gasteiger partial charge in [-0.3, -0.25) is 0 Å². The maximum atomic E-state index is 4.21. The van der Waals surface area contributed by atoms with Crippen molar-refractivity contribution in [3.05, 3.63) is 47.1 Å². The quantitative estimate of drug-likeness (QED) is 0.174. The summed E-state index contributed by atoms with van der Waals surface area (Å²) in [7, 11) is 0. The minimum atomic E-state index is 0.629. The van der Waals surface area contributed by atoms with Crippen LogP contribution in [0, 0.1) is 5.92 Å². The Morgan fingerprint density at radius 2 is 1.70 bits per heavy atom. The Kier molecular flexibility index (Phi) is 14.9. The molecule has 0 unspecified atom stereocenters. The van der Waals surface area contributed by atoms with Gasteiger partial charge >= 0.3 is 0 Å². The smallest absolute Gasteiger partial charge is 0.0213 e. The van der Waals surface area contributed by atoms with Gasteiger partial charge in [0.05, 0.1) is 0 Å². The van der Waals surface area contributed by atoms with E-state index in [9.17, 15) is 0 Å². The fraction of sp³-hybridized carbons (Fsp3) is 0.724. The van der Waals surface area contributed by atoms with Crippen molar-refractivity contribution in [2.45, 2.75) is 124 Å². The molecule has 1 aliphatic rings. The van der Waals surface area contributed by atoms with Gasteiger partial charge in [-0.1, -0.05) is 103 Å². The predicted octanol–water partition coefficient (Wildman–Crippen LogP) is 9.08. The first-order chi connectivity index (χ1) is 14.6. The number of nitrogens with one attached hydrogen (secondary N) is 1. The van der Waals surface area contributed by atoms with Crippen LogP contribution in [0.5, 0.6) is 0 Å². The lowest BCUT2D eigenvalue weighted by atomic mass is 9.89. The fourth-order valence-electron chi connectivity index (χ4n) is 4.65. The zero-order chi connectivity index (χ0) is 22.2. The highest BCUT2D eigenvalue weighted by Crippen LogP contribution is 2.34. The first-order valence-corrected chi connectivity index (χ1v) is 13.0. The van der Waals surface area contributed by atoms with Gasteiger partial charge in [0.25, 0.3) is 0 Å². The molecule has 1 fully saturated rings. The molecule has 0 aromatic rings. The first-order valence-electron chi connectivity index (χ1n) is 13.0. The van der Waals surface area contributed by atoms with E-state index in [1.165, 1.54) is 100 Å². The van der Waals surface area contributed by atoms with Crippen molar-refractivity contribution in [1.82, 2.24) is 5.32 Å². The molecule has 1 aliphatic carbocycles. The molecule has 1 saturated carbocycles. The topological polar surface area (TPSA) is 12.0 Å². The molecular formula is C29H51N. The van der Waals surface area contributed by atoms with Crippen LogP contribution in [0.1, 0.15) is 118 Å². The minimum absolute atomic E-state index is 0.629. The van der Waals surface area contributed by atoms with Gasteiger partial charge in [0, 0.05) is 12.6 Å². The van der Waals surface area contributed by atoms with Gasteiger partial charge in [0.15, 0.2) is 0 Å². The summed E-state index contributed by atoms with van der Waals surface area (Å²) in [4.78, 5) is 0. The highest BCUT2D eigenvalue weighted by molar-refractivity contribution is 5.48. The second kappa shape index (κ2) is 16.6. The molecule has 0 heterocycles. The lowest BCUT2D eigenvalue weighted by Gasteiger charge is -2.23. The summed E-state index contributed by atoms with van der Waals surface area (Å²) < 4.78 is 0. The van der Waals surface area contributed by atoms with Crippen LogP contribution in [-0.2, 0) is 0 Å². The Labute approximate surface area is 189 Å². The number of allylic oxidation sites excluding steroid dienone is 5. The third kappa shape index (κ3) is 10.8. The molecule has 0 spiro atoms. The van der Waals surface area contributed by atoms with E-state index < -0.39 is 0 Å². The van der Waals surface area contributed by atoms with Gasteiger partial charge < -0.3 is 5.32 Å². The lowest BCUT2D eigenvalue weighted by Crippen LogP contribution is -2.31. The molecule has 30 heavy (non-hydrogen) atoms. The molecule has 0 aromatic heterocycles. The van der Waals surface area contributed by atoms with Gasteiger partial charge in [0.1, 0.15) is 0 Å². The van der Waals surface area contributed by atoms with E-state index in [1.54, 1.807) is 5.57 Å². The Balaban J connectivity index is 3.02. The number of hydrogen-bond acceptors (Lipinski definition) is 1. The molecule has 0 bridgehead atoms. The van der Waals surface area contributed by atoms with Crippen molar-refractivity contribution in [1.29, 1.82) is 0 Å². The van der Waals surface area contributed by atoms with Gasteiger partial charge in [0.2, 0.25) is 0 Å². The van der Waals surface area contributed by atoms with Crippen LogP contribution in [0.15, 0.2) is 47.1 Å². The third-order valence-electron chi connectivity index (χ3n) is 6.48. The molecular weight excluding hydrogens is 362 g/mol. The summed E-state index contributed by atoms with van der Waals surface area (Å²) in [6, 6.07) is 0.629. The fourth-order valence-corrected chi connectivity index (χ4v) is 4.65. The monoisotopic (exact) mass is 413 g/mol. The van der Waals surface area contributed by atoms with E-state index in [-0.39, 0.29) is 0 Å². The second-order valence-electron chi connectivity index (χ2n) is 9.33. The van der Waals surface area contributed by atoms with Crippen LogP contribution >= 0.6 is 0 Å². The van der Waals surface area contributed by atoms with Crippen molar-refractivity contribution >= 4 is 0 Å². The second-order valence-corrected chi connectivity index (χ2v) is 9.33. The molecule has 0 saturated heterocycles. The highest BCUT2D eigenvalue weighted by atomic mass is 14.9. The number of rotatable bonds is 18. The zero-order valence-electron chi connectivity index (χ0n) is 21.0. The molecule has 1 nitrogen and oxygen atoms in total. The van der Waals surface area contributed by atoms with Crippen LogP contribution in [-0.4, -0.2) is 12.6 Å². The van der Waals surface area contributed by atoms with E-state index in [0.717, 1.165) is 12.5 Å². The van der Waals surface area contributed by atoms with Crippen molar-refractivity contribution < 1.29 is 0 Å². The third-order valence-corrected chi connectivity index (χ3v) is 6.48. The van der Waals surface area contributed by atoms with Crippen LogP contribution in [0.3, 0.4) is 0 Å². The van der Waals surface area contributed by atoms with E-state index in [1.807, 2.05) is 0 Å². The molecule has 0 atom stereocenters. The largest absolute Gasteiger partial charge is 0.310 e. The lowest BCUT2D eigenvalue weighted by molar-refractivity contribution is 0.459. The van der Waals surface area contributed by atoms with Gasteiger partial charge in [-0.05, 0) is 68.6 Å². The van der Waals surface area contributed by atoms with E-state index >= 15 is 0 Å². The minimum Gasteiger partial charge on any atom is -0.310 e. The maximum Gasteiger partial charge on any atom is 0.0213 e. The van der Waals surface area contributed by atoms with Crippen molar-refractivity contribution in [3.8, 4) is 0 Å². The Hall–Kier alpha value is -1.08. The van der Waals surface area contributed by atoms with Gasteiger partial charge in [-0.25, -0.2) is 0 Å². The van der Waals surface area contributed by atoms with Crippen LogP contribution in [0.2, 0.25) is 0 Å². The first kappa shape index (κ1) is 27.0. The standard InChI is InChI=1S/C29H51N/c1-7-15-24(6)28(11-5)29(23-30-27(17-9-3)18-10-4)26(16-8-2)20-14-12-13-19-25-21-22-25/h7,11,15,25,27,30H,5,8-10,12-14,16-23H2,1-4,6H3/b15-7-,28-24+,29-26+. The molecule has 1 rings (SSSR count). The zero-order valence-corrected chi connectivity index (χ0v) is 21.0. The van der Waals surface area contributed by atoms with Gasteiger partial charge in [-0.2, -0.15) is 0 Å².